The van der Waals surface area contributed by atoms with Crippen LogP contribution in [0.5, 0.6) is 0 Å². The minimum absolute atomic E-state index is 0.101. The number of aromatic nitrogens is 2. The summed E-state index contributed by atoms with van der Waals surface area (Å²) in [4.78, 5) is 23.5. The van der Waals surface area contributed by atoms with Crippen molar-refractivity contribution in [2.45, 2.75) is 45.4 Å². The molecule has 1 aliphatic rings. The maximum absolute atomic E-state index is 11.8. The maximum Gasteiger partial charge on any atom is 0.226 e. The van der Waals surface area contributed by atoms with Crippen LogP contribution in [0.3, 0.4) is 0 Å². The van der Waals surface area contributed by atoms with Crippen LogP contribution in [0.2, 0.25) is 0 Å². The molecule has 122 valence electrons. The highest BCUT2D eigenvalue weighted by atomic mass is 32.1. The first kappa shape index (κ1) is 16.8. The molecule has 22 heavy (non-hydrogen) atoms. The smallest absolute Gasteiger partial charge is 0.226 e. The molecule has 1 heterocycles. The van der Waals surface area contributed by atoms with Crippen molar-refractivity contribution in [1.82, 2.24) is 15.5 Å². The summed E-state index contributed by atoms with van der Waals surface area (Å²) in [6.07, 6.45) is 4.32. The number of nitrogens with one attached hydrogen (secondary N) is 2. The third-order valence-corrected chi connectivity index (χ3v) is 4.77. The number of hydrogen-bond donors (Lipinski definition) is 3. The van der Waals surface area contributed by atoms with Gasteiger partial charge in [0, 0.05) is 24.8 Å². The lowest BCUT2D eigenvalue weighted by molar-refractivity contribution is -0.124. The third kappa shape index (κ3) is 4.74. The number of anilines is 1. The van der Waals surface area contributed by atoms with Crippen LogP contribution in [0.1, 0.15) is 43.5 Å². The van der Waals surface area contributed by atoms with E-state index >= 15 is 0 Å². The molecular weight excluding hydrogens is 304 g/mol. The molecule has 8 heteroatoms. The number of aliphatic hydroxyl groups excluding tert-OH is 1. The van der Waals surface area contributed by atoms with E-state index in [1.54, 1.807) is 6.92 Å². The zero-order valence-corrected chi connectivity index (χ0v) is 13.5. The molecule has 1 aromatic heterocycles. The quantitative estimate of drug-likeness (QED) is 0.699. The summed E-state index contributed by atoms with van der Waals surface area (Å²) in [5.74, 6) is -0.410. The van der Waals surface area contributed by atoms with Crippen LogP contribution < -0.4 is 10.6 Å². The molecule has 0 spiro atoms. The predicted molar refractivity (Wildman–Crippen MR) is 83.5 cm³/mol. The van der Waals surface area contributed by atoms with Crippen molar-refractivity contribution < 1.29 is 14.7 Å². The number of aliphatic hydroxyl groups is 1. The van der Waals surface area contributed by atoms with Crippen LogP contribution >= 0.6 is 11.3 Å². The average molecular weight is 326 g/mol. The lowest BCUT2D eigenvalue weighted by Gasteiger charge is -2.26. The Labute approximate surface area is 133 Å². The first-order valence-electron chi connectivity index (χ1n) is 7.50. The molecule has 2 rings (SSSR count). The van der Waals surface area contributed by atoms with Gasteiger partial charge in [0.1, 0.15) is 5.01 Å². The van der Waals surface area contributed by atoms with Crippen molar-refractivity contribution in [2.75, 3.05) is 18.5 Å². The van der Waals surface area contributed by atoms with Crippen LogP contribution in [0.15, 0.2) is 0 Å². The van der Waals surface area contributed by atoms with Crippen molar-refractivity contribution >= 4 is 28.3 Å². The van der Waals surface area contributed by atoms with Gasteiger partial charge in [-0.1, -0.05) is 24.2 Å². The summed E-state index contributed by atoms with van der Waals surface area (Å²) < 4.78 is 0. The molecule has 0 unspecified atom stereocenters. The van der Waals surface area contributed by atoms with E-state index in [-0.39, 0.29) is 36.7 Å². The molecule has 7 nitrogen and oxygen atoms in total. The normalized spacial score (nSPS) is 16.5. The molecular formula is C14H22N4O3S. The highest BCUT2D eigenvalue weighted by Crippen LogP contribution is 2.36. The number of carbonyl (C=O) groups excluding carboxylic acids is 2. The molecule has 0 aromatic carbocycles. The Balaban J connectivity index is 1.67. The first-order valence-corrected chi connectivity index (χ1v) is 8.32. The highest BCUT2D eigenvalue weighted by molar-refractivity contribution is 7.15. The van der Waals surface area contributed by atoms with Gasteiger partial charge in [0.2, 0.25) is 16.9 Å². The summed E-state index contributed by atoms with van der Waals surface area (Å²) in [6, 6.07) is 0. The second-order valence-corrected chi connectivity index (χ2v) is 7.00. The van der Waals surface area contributed by atoms with Crippen molar-refractivity contribution in [3.8, 4) is 0 Å². The largest absolute Gasteiger partial charge is 0.396 e. The van der Waals surface area contributed by atoms with Crippen molar-refractivity contribution in [1.29, 1.82) is 0 Å². The average Bonchev–Trinajstić information content (AvgIpc) is 3.13. The van der Waals surface area contributed by atoms with E-state index in [1.807, 2.05) is 0 Å². The van der Waals surface area contributed by atoms with E-state index in [4.69, 9.17) is 0 Å². The number of carbonyl (C=O) groups is 2. The monoisotopic (exact) mass is 326 g/mol. The van der Waals surface area contributed by atoms with Crippen LogP contribution in [0.25, 0.3) is 0 Å². The van der Waals surface area contributed by atoms with Crippen LogP contribution in [0, 0.1) is 12.3 Å². The van der Waals surface area contributed by atoms with Crippen molar-refractivity contribution in [3.05, 3.63) is 5.01 Å². The highest BCUT2D eigenvalue weighted by Gasteiger charge is 2.33. The van der Waals surface area contributed by atoms with Gasteiger partial charge in [0.05, 0.1) is 6.61 Å². The number of nitrogens with zero attached hydrogens (tertiary/aromatic N) is 2. The molecule has 2 amide bonds. The Bertz CT molecular complexity index is 526. The van der Waals surface area contributed by atoms with Crippen LogP contribution in [0.4, 0.5) is 5.13 Å². The molecule has 1 saturated carbocycles. The Morgan fingerprint density at radius 1 is 1.23 bits per heavy atom. The summed E-state index contributed by atoms with van der Waals surface area (Å²) in [5, 5.41) is 23.8. The topological polar surface area (TPSA) is 104 Å². The lowest BCUT2D eigenvalue weighted by atomic mass is 9.87. The lowest BCUT2D eigenvalue weighted by Crippen LogP contribution is -2.38. The van der Waals surface area contributed by atoms with E-state index in [9.17, 15) is 14.7 Å². The summed E-state index contributed by atoms with van der Waals surface area (Å²) in [5.41, 5.74) is -0.165. The number of aryl methyl sites for hydroxylation is 1. The molecule has 1 aromatic rings. The zero-order chi connectivity index (χ0) is 16.0. The summed E-state index contributed by atoms with van der Waals surface area (Å²) in [6.45, 7) is 2.39. The van der Waals surface area contributed by atoms with Crippen LogP contribution in [-0.2, 0) is 9.59 Å². The van der Waals surface area contributed by atoms with Crippen molar-refractivity contribution in [2.24, 2.45) is 5.41 Å². The molecule has 0 saturated heterocycles. The first-order chi connectivity index (χ1) is 10.5. The van der Waals surface area contributed by atoms with Gasteiger partial charge in [0.15, 0.2) is 0 Å². The molecule has 0 radical (unpaired) electrons. The molecule has 0 bridgehead atoms. The Hall–Kier alpha value is -1.54. The minimum Gasteiger partial charge on any atom is -0.396 e. The molecule has 0 atom stereocenters. The van der Waals surface area contributed by atoms with E-state index in [2.05, 4.69) is 20.8 Å². The van der Waals surface area contributed by atoms with Gasteiger partial charge < -0.3 is 15.7 Å². The van der Waals surface area contributed by atoms with E-state index in [1.165, 1.54) is 11.3 Å². The van der Waals surface area contributed by atoms with Gasteiger partial charge in [0.25, 0.3) is 0 Å². The molecule has 1 fully saturated rings. The summed E-state index contributed by atoms with van der Waals surface area (Å²) in [7, 11) is 0. The fourth-order valence-electron chi connectivity index (χ4n) is 2.65. The second-order valence-electron chi connectivity index (χ2n) is 5.82. The SMILES string of the molecule is Cc1nnc(NC(=O)CCC(=O)NCC2(CO)CCCC2)s1. The van der Waals surface area contributed by atoms with Crippen molar-refractivity contribution in [3.63, 3.8) is 0 Å². The Morgan fingerprint density at radius 2 is 1.91 bits per heavy atom. The van der Waals surface area contributed by atoms with Crippen LogP contribution in [-0.4, -0.2) is 40.3 Å². The predicted octanol–water partition coefficient (Wildman–Crippen LogP) is 1.23. The van der Waals surface area contributed by atoms with Gasteiger partial charge in [-0.3, -0.25) is 9.59 Å². The van der Waals surface area contributed by atoms with Gasteiger partial charge >= 0.3 is 0 Å². The van der Waals surface area contributed by atoms with Gasteiger partial charge in [-0.05, 0) is 19.8 Å². The number of amides is 2. The Kier molecular flexibility index (Phi) is 5.84. The number of rotatable bonds is 7. The van der Waals surface area contributed by atoms with Gasteiger partial charge in [-0.2, -0.15) is 0 Å². The molecule has 0 aliphatic heterocycles. The Morgan fingerprint density at radius 3 is 2.50 bits per heavy atom. The second kappa shape index (κ2) is 7.64. The van der Waals surface area contributed by atoms with Gasteiger partial charge in [-0.15, -0.1) is 10.2 Å². The minimum atomic E-state index is -0.246. The van der Waals surface area contributed by atoms with Gasteiger partial charge in [-0.25, -0.2) is 0 Å². The van der Waals surface area contributed by atoms with E-state index in [0.717, 1.165) is 30.7 Å². The third-order valence-electron chi connectivity index (χ3n) is 4.01. The standard InChI is InChI=1S/C14H22N4O3S/c1-10-17-18-13(22-10)16-12(21)5-4-11(20)15-8-14(9-19)6-2-3-7-14/h19H,2-9H2,1H3,(H,15,20)(H,16,18,21). The van der Waals surface area contributed by atoms with E-state index < -0.39 is 0 Å². The fourth-order valence-corrected chi connectivity index (χ4v) is 3.25. The zero-order valence-electron chi connectivity index (χ0n) is 12.7. The fraction of sp³-hybridized carbons (Fsp3) is 0.714. The molecule has 1 aliphatic carbocycles. The molecule has 3 N–H and O–H groups in total. The van der Waals surface area contributed by atoms with E-state index in [0.29, 0.717) is 11.7 Å². The maximum atomic E-state index is 11.8. The number of hydrogen-bond acceptors (Lipinski definition) is 6. The summed E-state index contributed by atoms with van der Waals surface area (Å²) >= 11 is 1.30.